The number of anilines is 2. The molecule has 29 heavy (non-hydrogen) atoms. The highest BCUT2D eigenvalue weighted by atomic mass is 35.5. The number of carbonyl (C=O) groups is 3. The van der Waals surface area contributed by atoms with Crippen LogP contribution in [0, 0.1) is 0 Å². The first kappa shape index (κ1) is 22.0. The summed E-state index contributed by atoms with van der Waals surface area (Å²) in [5, 5.41) is 5.64. The molecule has 2 rings (SSSR count). The smallest absolute Gasteiger partial charge is 0.251 e. The Balaban J connectivity index is 2.10. The van der Waals surface area contributed by atoms with Crippen LogP contribution in [0.5, 0.6) is 11.5 Å². The number of carbonyl (C=O) groups excluding carboxylic acids is 3. The number of hydrogen-bond acceptors (Lipinski definition) is 5. The van der Waals surface area contributed by atoms with E-state index in [1.807, 2.05) is 0 Å². The van der Waals surface area contributed by atoms with Gasteiger partial charge in [0.2, 0.25) is 5.91 Å². The maximum absolute atomic E-state index is 12.3. The zero-order chi connectivity index (χ0) is 21.6. The largest absolute Gasteiger partial charge is 0.495 e. The Hall–Kier alpha value is -3.32. The zero-order valence-corrected chi connectivity index (χ0v) is 17.2. The van der Waals surface area contributed by atoms with Crippen LogP contribution in [-0.2, 0) is 9.59 Å². The molecule has 0 radical (unpaired) electrons. The number of ketones is 1. The number of nitrogens with one attached hydrogen (secondary N) is 2. The highest BCUT2D eigenvalue weighted by molar-refractivity contribution is 6.32. The van der Waals surface area contributed by atoms with Gasteiger partial charge in [0.05, 0.1) is 24.9 Å². The van der Waals surface area contributed by atoms with E-state index in [0.29, 0.717) is 33.5 Å². The van der Waals surface area contributed by atoms with Crippen molar-refractivity contribution in [3.8, 4) is 11.5 Å². The van der Waals surface area contributed by atoms with Crippen LogP contribution in [0.25, 0.3) is 0 Å². The lowest BCUT2D eigenvalue weighted by atomic mass is 10.1. The lowest BCUT2D eigenvalue weighted by Gasteiger charge is -2.12. The number of ether oxygens (including phenoxy) is 2. The highest BCUT2D eigenvalue weighted by Gasteiger charge is 2.13. The normalized spacial score (nSPS) is 10.9. The summed E-state index contributed by atoms with van der Waals surface area (Å²) in [5.41, 5.74) is 1.60. The lowest BCUT2D eigenvalue weighted by molar-refractivity contribution is -0.114. The summed E-state index contributed by atoms with van der Waals surface area (Å²) in [4.78, 5) is 35.9. The molecule has 2 N–H and O–H groups in total. The fourth-order valence-corrected chi connectivity index (χ4v) is 2.64. The minimum absolute atomic E-state index is 0.0649. The molecular formula is C21H21ClN2O5. The molecule has 0 fully saturated rings. The fraction of sp³-hybridized carbons (Fsp3) is 0.190. The summed E-state index contributed by atoms with van der Waals surface area (Å²) >= 11 is 6.05. The molecule has 0 saturated carbocycles. The highest BCUT2D eigenvalue weighted by Crippen LogP contribution is 2.35. The fourth-order valence-electron chi connectivity index (χ4n) is 2.41. The number of benzene rings is 2. The molecule has 2 aromatic carbocycles. The molecule has 0 aliphatic rings. The molecule has 0 bridgehead atoms. The summed E-state index contributed by atoms with van der Waals surface area (Å²) in [6.07, 6.45) is 1.17. The van der Waals surface area contributed by atoms with Crippen LogP contribution >= 0.6 is 11.6 Å². The van der Waals surface area contributed by atoms with Crippen LogP contribution in [0.1, 0.15) is 24.2 Å². The predicted octanol–water partition coefficient (Wildman–Crippen LogP) is 4.08. The van der Waals surface area contributed by atoms with Gasteiger partial charge in [0.25, 0.3) is 5.91 Å². The second-order valence-electron chi connectivity index (χ2n) is 6.09. The molecule has 0 aromatic heterocycles. The Kier molecular flexibility index (Phi) is 7.39. The molecule has 0 atom stereocenters. The standard InChI is InChI=1S/C21H21ClN2O5/c1-12(21(27)23-15-7-5-14(6-8-15)13(2)25)9-20(26)24-17-11-18(28-3)16(22)10-19(17)29-4/h5-11H,1-4H3,(H,23,27)(H,24,26)/b12-9-. The monoisotopic (exact) mass is 416 g/mol. The number of Topliss-reactive ketones (excluding diaryl/α,β-unsaturated/α-hetero) is 1. The van der Waals surface area contributed by atoms with Gasteiger partial charge in [-0.1, -0.05) is 11.6 Å². The average molecular weight is 417 g/mol. The van der Waals surface area contributed by atoms with Crippen LogP contribution < -0.4 is 20.1 Å². The molecule has 0 spiro atoms. The molecule has 7 nitrogen and oxygen atoms in total. The topological polar surface area (TPSA) is 93.7 Å². The summed E-state index contributed by atoms with van der Waals surface area (Å²) in [6.45, 7) is 2.98. The van der Waals surface area contributed by atoms with Crippen molar-refractivity contribution in [3.05, 3.63) is 58.6 Å². The van der Waals surface area contributed by atoms with E-state index in [9.17, 15) is 14.4 Å². The summed E-state index contributed by atoms with van der Waals surface area (Å²) in [6, 6.07) is 9.51. The van der Waals surface area contributed by atoms with Gasteiger partial charge >= 0.3 is 0 Å². The van der Waals surface area contributed by atoms with Crippen LogP contribution in [-0.4, -0.2) is 31.8 Å². The van der Waals surface area contributed by atoms with Crippen molar-refractivity contribution in [2.45, 2.75) is 13.8 Å². The van der Waals surface area contributed by atoms with E-state index in [1.165, 1.54) is 46.3 Å². The second kappa shape index (κ2) is 9.75. The minimum Gasteiger partial charge on any atom is -0.495 e. The Morgan fingerprint density at radius 3 is 2.10 bits per heavy atom. The van der Waals surface area contributed by atoms with Gasteiger partial charge in [-0.3, -0.25) is 14.4 Å². The number of rotatable bonds is 7. The van der Waals surface area contributed by atoms with Crippen molar-refractivity contribution in [1.82, 2.24) is 0 Å². The molecule has 0 saturated heterocycles. The second-order valence-corrected chi connectivity index (χ2v) is 6.50. The quantitative estimate of drug-likeness (QED) is 0.524. The van der Waals surface area contributed by atoms with Crippen molar-refractivity contribution in [2.75, 3.05) is 24.9 Å². The molecule has 0 heterocycles. The molecule has 0 unspecified atom stereocenters. The van der Waals surface area contributed by atoms with Crippen molar-refractivity contribution in [2.24, 2.45) is 0 Å². The van der Waals surface area contributed by atoms with Crippen molar-refractivity contribution in [1.29, 1.82) is 0 Å². The van der Waals surface area contributed by atoms with E-state index in [2.05, 4.69) is 10.6 Å². The third-order valence-corrected chi connectivity index (χ3v) is 4.28. The molecule has 152 valence electrons. The Bertz CT molecular complexity index is 968. The van der Waals surface area contributed by atoms with Crippen molar-refractivity contribution < 1.29 is 23.9 Å². The number of methoxy groups -OCH3 is 2. The van der Waals surface area contributed by atoms with E-state index in [1.54, 1.807) is 24.3 Å². The molecule has 0 aliphatic carbocycles. The average Bonchev–Trinajstić information content (AvgIpc) is 2.69. The molecule has 0 aliphatic heterocycles. The number of amides is 2. The van der Waals surface area contributed by atoms with Gasteiger partial charge in [-0.2, -0.15) is 0 Å². The zero-order valence-electron chi connectivity index (χ0n) is 16.5. The lowest BCUT2D eigenvalue weighted by Crippen LogP contribution is -2.16. The maximum Gasteiger partial charge on any atom is 0.251 e. The van der Waals surface area contributed by atoms with Gasteiger partial charge in [-0.15, -0.1) is 0 Å². The first-order valence-corrected chi connectivity index (χ1v) is 8.96. The van der Waals surface area contributed by atoms with Gasteiger partial charge in [-0.25, -0.2) is 0 Å². The Morgan fingerprint density at radius 2 is 1.55 bits per heavy atom. The summed E-state index contributed by atoms with van der Waals surface area (Å²) in [5.74, 6) is -0.311. The molecule has 2 aromatic rings. The Morgan fingerprint density at radius 1 is 0.931 bits per heavy atom. The minimum atomic E-state index is -0.521. The van der Waals surface area contributed by atoms with E-state index in [4.69, 9.17) is 21.1 Å². The maximum atomic E-state index is 12.3. The van der Waals surface area contributed by atoms with Gasteiger partial charge in [-0.05, 0) is 38.1 Å². The van der Waals surface area contributed by atoms with Crippen molar-refractivity contribution >= 4 is 40.6 Å². The summed E-state index contributed by atoms with van der Waals surface area (Å²) in [7, 11) is 2.90. The predicted molar refractivity (Wildman–Crippen MR) is 112 cm³/mol. The number of halogens is 1. The third-order valence-electron chi connectivity index (χ3n) is 3.99. The van der Waals surface area contributed by atoms with E-state index >= 15 is 0 Å². The SMILES string of the molecule is COc1cc(NC(=O)/C=C(/C)C(=O)Nc2ccc(C(C)=O)cc2)c(OC)cc1Cl. The number of hydrogen-bond donors (Lipinski definition) is 2. The van der Waals surface area contributed by atoms with Gasteiger partial charge < -0.3 is 20.1 Å². The van der Waals surface area contributed by atoms with Gasteiger partial charge in [0.1, 0.15) is 11.5 Å². The Labute approximate surface area is 173 Å². The van der Waals surface area contributed by atoms with Crippen LogP contribution in [0.2, 0.25) is 5.02 Å². The first-order chi connectivity index (χ1) is 13.7. The first-order valence-electron chi connectivity index (χ1n) is 8.58. The van der Waals surface area contributed by atoms with Gasteiger partial charge in [0, 0.05) is 35.0 Å². The van der Waals surface area contributed by atoms with Crippen LogP contribution in [0.3, 0.4) is 0 Å². The van der Waals surface area contributed by atoms with Crippen LogP contribution in [0.15, 0.2) is 48.0 Å². The van der Waals surface area contributed by atoms with E-state index in [-0.39, 0.29) is 11.4 Å². The molecular weight excluding hydrogens is 396 g/mol. The van der Waals surface area contributed by atoms with Gasteiger partial charge in [0.15, 0.2) is 5.78 Å². The molecule has 8 heteroatoms. The third kappa shape index (κ3) is 5.83. The van der Waals surface area contributed by atoms with Crippen LogP contribution in [0.4, 0.5) is 11.4 Å². The summed E-state index contributed by atoms with van der Waals surface area (Å²) < 4.78 is 10.3. The van der Waals surface area contributed by atoms with E-state index in [0.717, 1.165) is 0 Å². The van der Waals surface area contributed by atoms with Crippen molar-refractivity contribution in [3.63, 3.8) is 0 Å². The van der Waals surface area contributed by atoms with E-state index < -0.39 is 11.8 Å². The molecule has 2 amide bonds.